The lowest BCUT2D eigenvalue weighted by Gasteiger charge is -2.34. The van der Waals surface area contributed by atoms with Crippen LogP contribution >= 0.6 is 11.3 Å². The van der Waals surface area contributed by atoms with Crippen molar-refractivity contribution in [3.8, 4) is 0 Å². The van der Waals surface area contributed by atoms with E-state index < -0.39 is 6.10 Å². The van der Waals surface area contributed by atoms with Crippen molar-refractivity contribution in [3.63, 3.8) is 0 Å². The van der Waals surface area contributed by atoms with Gasteiger partial charge in [0.25, 0.3) is 5.91 Å². The Morgan fingerprint density at radius 1 is 1.27 bits per heavy atom. The highest BCUT2D eigenvalue weighted by Crippen LogP contribution is 2.29. The number of hydrogen-bond acceptors (Lipinski definition) is 5. The number of rotatable bonds is 4. The van der Waals surface area contributed by atoms with E-state index in [0.717, 1.165) is 36.6 Å². The summed E-state index contributed by atoms with van der Waals surface area (Å²) >= 11 is 1.41. The molecule has 1 aliphatic heterocycles. The third-order valence-corrected chi connectivity index (χ3v) is 6.87. The second-order valence-electron chi connectivity index (χ2n) is 7.81. The van der Waals surface area contributed by atoms with E-state index in [1.165, 1.54) is 11.3 Å². The molecule has 2 amide bonds. The van der Waals surface area contributed by atoms with E-state index in [4.69, 9.17) is 0 Å². The molecular weight excluding hydrogens is 350 g/mol. The number of aryl methyl sites for hydroxylation is 1. The van der Waals surface area contributed by atoms with Gasteiger partial charge in [0, 0.05) is 24.9 Å². The molecule has 1 aliphatic carbocycles. The molecule has 144 valence electrons. The number of amides is 2. The topological polar surface area (TPSA) is 82.5 Å². The Hall–Kier alpha value is -1.47. The standard InChI is InChI=1S/C19H29N3O3S/c1-11(2)18-20-12(3)16(26-18)17(24)21-14-10-13(6-7-15(14)23)19(25)22-8-4-5-9-22/h11,13-15,23H,4-10H2,1-3H3,(H,21,24)/t13-,14+,15+/m0/s1. The SMILES string of the molecule is Cc1nc(C(C)C)sc1C(=O)N[C@@H]1C[C@@H](C(=O)N2CCCC2)CC[C@H]1O. The largest absolute Gasteiger partial charge is 0.391 e. The predicted octanol–water partition coefficient (Wildman–Crippen LogP) is 2.46. The number of likely N-dealkylation sites (tertiary alicyclic amines) is 1. The summed E-state index contributed by atoms with van der Waals surface area (Å²) in [6.07, 6.45) is 3.30. The maximum absolute atomic E-state index is 12.7. The maximum atomic E-state index is 12.7. The summed E-state index contributed by atoms with van der Waals surface area (Å²) < 4.78 is 0. The fourth-order valence-electron chi connectivity index (χ4n) is 3.84. The molecule has 7 heteroatoms. The first kappa shape index (κ1) is 19.3. The zero-order valence-electron chi connectivity index (χ0n) is 15.8. The monoisotopic (exact) mass is 379 g/mol. The lowest BCUT2D eigenvalue weighted by Crippen LogP contribution is -2.49. The molecule has 1 aromatic heterocycles. The number of hydrogen-bond donors (Lipinski definition) is 2. The van der Waals surface area contributed by atoms with Gasteiger partial charge in [-0.25, -0.2) is 4.98 Å². The Bertz CT molecular complexity index is 667. The average molecular weight is 380 g/mol. The zero-order chi connectivity index (χ0) is 18.8. The van der Waals surface area contributed by atoms with Crippen LogP contribution in [0.1, 0.15) is 72.2 Å². The van der Waals surface area contributed by atoms with E-state index in [9.17, 15) is 14.7 Å². The lowest BCUT2D eigenvalue weighted by molar-refractivity contribution is -0.136. The minimum Gasteiger partial charge on any atom is -0.391 e. The summed E-state index contributed by atoms with van der Waals surface area (Å²) in [5.74, 6) is 0.175. The van der Waals surface area contributed by atoms with Crippen LogP contribution in [0.5, 0.6) is 0 Å². The molecule has 2 heterocycles. The molecule has 26 heavy (non-hydrogen) atoms. The fourth-order valence-corrected chi connectivity index (χ4v) is 4.81. The summed E-state index contributed by atoms with van der Waals surface area (Å²) in [6.45, 7) is 7.63. The Kier molecular flexibility index (Phi) is 5.97. The number of thiazole rings is 1. The molecule has 0 radical (unpaired) electrons. The first-order chi connectivity index (χ1) is 12.4. The molecule has 3 atom stereocenters. The van der Waals surface area contributed by atoms with Gasteiger partial charge in [0.1, 0.15) is 4.88 Å². The van der Waals surface area contributed by atoms with Gasteiger partial charge < -0.3 is 15.3 Å². The minimum absolute atomic E-state index is 0.101. The number of carbonyl (C=O) groups excluding carboxylic acids is 2. The normalized spacial score (nSPS) is 26.3. The maximum Gasteiger partial charge on any atom is 0.263 e. The molecule has 1 aromatic rings. The van der Waals surface area contributed by atoms with Gasteiger partial charge in [-0.1, -0.05) is 13.8 Å². The number of nitrogens with one attached hydrogen (secondary N) is 1. The molecule has 1 saturated carbocycles. The van der Waals surface area contributed by atoms with Crippen LogP contribution in [0.25, 0.3) is 0 Å². The molecule has 1 saturated heterocycles. The number of aromatic nitrogens is 1. The first-order valence-electron chi connectivity index (χ1n) is 9.62. The van der Waals surface area contributed by atoms with Gasteiger partial charge >= 0.3 is 0 Å². The first-order valence-corrected chi connectivity index (χ1v) is 10.4. The molecule has 2 fully saturated rings. The molecule has 0 unspecified atom stereocenters. The average Bonchev–Trinajstić information content (AvgIpc) is 3.25. The van der Waals surface area contributed by atoms with Crippen molar-refractivity contribution in [2.75, 3.05) is 13.1 Å². The van der Waals surface area contributed by atoms with Gasteiger partial charge in [-0.15, -0.1) is 11.3 Å². The van der Waals surface area contributed by atoms with Crippen molar-refractivity contribution in [2.45, 2.75) is 70.9 Å². The van der Waals surface area contributed by atoms with E-state index in [1.807, 2.05) is 11.8 Å². The molecule has 2 N–H and O–H groups in total. The Balaban J connectivity index is 1.65. The van der Waals surface area contributed by atoms with Crippen LogP contribution in [0, 0.1) is 12.8 Å². The Morgan fingerprint density at radius 2 is 1.96 bits per heavy atom. The van der Waals surface area contributed by atoms with Crippen molar-refractivity contribution >= 4 is 23.2 Å². The van der Waals surface area contributed by atoms with E-state index >= 15 is 0 Å². The van der Waals surface area contributed by atoms with Gasteiger partial charge in [0.2, 0.25) is 5.91 Å². The van der Waals surface area contributed by atoms with Crippen molar-refractivity contribution in [1.82, 2.24) is 15.2 Å². The molecule has 2 aliphatic rings. The van der Waals surface area contributed by atoms with Crippen LogP contribution in [0.15, 0.2) is 0 Å². The molecule has 3 rings (SSSR count). The lowest BCUT2D eigenvalue weighted by atomic mass is 9.83. The highest BCUT2D eigenvalue weighted by molar-refractivity contribution is 7.13. The van der Waals surface area contributed by atoms with Crippen LogP contribution in [0.4, 0.5) is 0 Å². The summed E-state index contributed by atoms with van der Waals surface area (Å²) in [6, 6.07) is -0.378. The van der Waals surface area contributed by atoms with Crippen LogP contribution in [-0.2, 0) is 4.79 Å². The highest BCUT2D eigenvalue weighted by Gasteiger charge is 2.36. The summed E-state index contributed by atoms with van der Waals surface area (Å²) in [7, 11) is 0. The second kappa shape index (κ2) is 8.05. The van der Waals surface area contributed by atoms with Gasteiger partial charge in [-0.3, -0.25) is 9.59 Å². The van der Waals surface area contributed by atoms with Crippen LogP contribution in [0.2, 0.25) is 0 Å². The number of aliphatic hydroxyl groups is 1. The van der Waals surface area contributed by atoms with E-state index in [0.29, 0.717) is 24.1 Å². The summed E-state index contributed by atoms with van der Waals surface area (Å²) in [5, 5.41) is 14.2. The third kappa shape index (κ3) is 4.09. The quantitative estimate of drug-likeness (QED) is 0.842. The molecule has 0 bridgehead atoms. The Labute approximate surface area is 159 Å². The van der Waals surface area contributed by atoms with Crippen LogP contribution < -0.4 is 5.32 Å². The van der Waals surface area contributed by atoms with Gasteiger partial charge in [-0.05, 0) is 39.0 Å². The zero-order valence-corrected chi connectivity index (χ0v) is 16.6. The van der Waals surface area contributed by atoms with Crippen LogP contribution in [0.3, 0.4) is 0 Å². The number of aliphatic hydroxyl groups excluding tert-OH is 1. The van der Waals surface area contributed by atoms with Gasteiger partial charge in [0.15, 0.2) is 0 Å². The van der Waals surface area contributed by atoms with Crippen molar-refractivity contribution in [1.29, 1.82) is 0 Å². The molecular formula is C19H29N3O3S. The van der Waals surface area contributed by atoms with Gasteiger partial charge in [0.05, 0.1) is 22.8 Å². The van der Waals surface area contributed by atoms with Crippen molar-refractivity contribution < 1.29 is 14.7 Å². The molecule has 0 spiro atoms. The number of nitrogens with zero attached hydrogens (tertiary/aromatic N) is 2. The highest BCUT2D eigenvalue weighted by atomic mass is 32.1. The second-order valence-corrected chi connectivity index (χ2v) is 8.84. The van der Waals surface area contributed by atoms with E-state index in [-0.39, 0.29) is 29.7 Å². The fraction of sp³-hybridized carbons (Fsp3) is 0.737. The third-order valence-electron chi connectivity index (χ3n) is 5.41. The van der Waals surface area contributed by atoms with E-state index in [1.54, 1.807) is 0 Å². The summed E-state index contributed by atoms with van der Waals surface area (Å²) in [5.41, 5.74) is 0.728. The van der Waals surface area contributed by atoms with Crippen LogP contribution in [-0.4, -0.2) is 52.0 Å². The number of carbonyl (C=O) groups is 2. The predicted molar refractivity (Wildman–Crippen MR) is 101 cm³/mol. The summed E-state index contributed by atoms with van der Waals surface area (Å²) in [4.78, 5) is 32.4. The van der Waals surface area contributed by atoms with Crippen molar-refractivity contribution in [3.05, 3.63) is 15.6 Å². The van der Waals surface area contributed by atoms with E-state index in [2.05, 4.69) is 24.1 Å². The Morgan fingerprint density at radius 3 is 2.58 bits per heavy atom. The smallest absolute Gasteiger partial charge is 0.263 e. The van der Waals surface area contributed by atoms with Gasteiger partial charge in [-0.2, -0.15) is 0 Å². The molecule has 0 aromatic carbocycles. The minimum atomic E-state index is -0.598. The molecule has 6 nitrogen and oxygen atoms in total. The van der Waals surface area contributed by atoms with Crippen molar-refractivity contribution in [2.24, 2.45) is 5.92 Å².